The number of allylic oxidation sites excluding steroid dienone is 1. The fraction of sp³-hybridized carbons (Fsp3) is 0.348. The van der Waals surface area contributed by atoms with E-state index in [0.717, 1.165) is 4.88 Å². The van der Waals surface area contributed by atoms with Gasteiger partial charge in [-0.25, -0.2) is 0 Å². The number of Topliss-reactive ketones (excluding diaryl/α,β-unsaturated/α-hetero) is 1. The van der Waals surface area contributed by atoms with Crippen molar-refractivity contribution in [3.05, 3.63) is 51.9 Å². The number of nitrogens with zero attached hydrogens (tertiary/aromatic N) is 1. The van der Waals surface area contributed by atoms with Crippen LogP contribution in [0.25, 0.3) is 6.08 Å². The van der Waals surface area contributed by atoms with Crippen molar-refractivity contribution < 1.29 is 28.6 Å². The number of ketones is 1. The van der Waals surface area contributed by atoms with Crippen LogP contribution in [0.15, 0.2) is 41.5 Å². The molecule has 0 aliphatic carbocycles. The first-order chi connectivity index (χ1) is 15.0. The highest BCUT2D eigenvalue weighted by Gasteiger charge is 2.29. The van der Waals surface area contributed by atoms with E-state index in [9.17, 15) is 14.4 Å². The molecule has 31 heavy (non-hydrogen) atoms. The quantitative estimate of drug-likeness (QED) is 0.504. The number of fused-ring (bicyclic) bond motifs is 1. The third-order valence-corrected chi connectivity index (χ3v) is 6.11. The molecule has 2 aromatic rings. The summed E-state index contributed by atoms with van der Waals surface area (Å²) in [5.41, 5.74) is 0.475. The number of carbonyl (C=O) groups is 3. The molecule has 0 bridgehead atoms. The summed E-state index contributed by atoms with van der Waals surface area (Å²) in [6, 6.07) is 8.76. The number of piperidine rings is 1. The first kappa shape index (κ1) is 21.1. The number of hydrogen-bond acceptors (Lipinski definition) is 7. The zero-order valence-electron chi connectivity index (χ0n) is 17.2. The van der Waals surface area contributed by atoms with Gasteiger partial charge in [-0.05, 0) is 43.3 Å². The zero-order chi connectivity index (χ0) is 21.8. The Hall–Kier alpha value is -3.13. The van der Waals surface area contributed by atoms with E-state index >= 15 is 0 Å². The van der Waals surface area contributed by atoms with Gasteiger partial charge in [-0.1, -0.05) is 6.07 Å². The van der Waals surface area contributed by atoms with Gasteiger partial charge in [-0.3, -0.25) is 14.4 Å². The Morgan fingerprint density at radius 1 is 1.26 bits per heavy atom. The number of carbonyl (C=O) groups excluding carboxylic acids is 3. The van der Waals surface area contributed by atoms with Crippen LogP contribution >= 0.6 is 11.3 Å². The minimum absolute atomic E-state index is 0.116. The summed E-state index contributed by atoms with van der Waals surface area (Å²) in [7, 11) is 0. The molecule has 7 nitrogen and oxygen atoms in total. The maximum absolute atomic E-state index is 12.5. The molecule has 0 atom stereocenters. The summed E-state index contributed by atoms with van der Waals surface area (Å²) in [6.45, 7) is 3.05. The van der Waals surface area contributed by atoms with Gasteiger partial charge in [-0.2, -0.15) is 0 Å². The lowest BCUT2D eigenvalue weighted by Gasteiger charge is -2.30. The lowest BCUT2D eigenvalue weighted by Crippen LogP contribution is -2.42. The number of ether oxygens (including phenoxy) is 3. The van der Waals surface area contributed by atoms with Crippen molar-refractivity contribution in [2.45, 2.75) is 19.8 Å². The summed E-state index contributed by atoms with van der Waals surface area (Å²) in [5, 5.41) is 1.93. The van der Waals surface area contributed by atoms with Crippen molar-refractivity contribution >= 4 is 35.1 Å². The molecule has 1 aromatic heterocycles. The van der Waals surface area contributed by atoms with E-state index < -0.39 is 0 Å². The molecule has 3 heterocycles. The summed E-state index contributed by atoms with van der Waals surface area (Å²) < 4.78 is 16.4. The van der Waals surface area contributed by atoms with Crippen molar-refractivity contribution in [3.8, 4) is 11.5 Å². The Balaban J connectivity index is 1.31. The van der Waals surface area contributed by atoms with Crippen molar-refractivity contribution in [1.82, 2.24) is 4.90 Å². The van der Waals surface area contributed by atoms with Gasteiger partial charge in [-0.15, -0.1) is 11.3 Å². The highest BCUT2D eigenvalue weighted by Crippen LogP contribution is 2.35. The van der Waals surface area contributed by atoms with Crippen LogP contribution in [0.2, 0.25) is 0 Å². The molecular formula is C23H23NO6S. The average Bonchev–Trinajstić information content (AvgIpc) is 3.40. The molecule has 1 amide bonds. The zero-order valence-corrected chi connectivity index (χ0v) is 18.0. The maximum atomic E-state index is 12.5. The predicted molar refractivity (Wildman–Crippen MR) is 115 cm³/mol. The Labute approximate surface area is 184 Å². The van der Waals surface area contributed by atoms with Gasteiger partial charge in [0.15, 0.2) is 12.4 Å². The minimum atomic E-state index is -0.189. The third-order valence-electron chi connectivity index (χ3n) is 5.29. The summed E-state index contributed by atoms with van der Waals surface area (Å²) in [4.78, 5) is 39.4. The van der Waals surface area contributed by atoms with Crippen molar-refractivity contribution in [2.24, 2.45) is 5.92 Å². The molecule has 2 aliphatic heterocycles. The van der Waals surface area contributed by atoms with E-state index in [4.69, 9.17) is 14.2 Å². The fourth-order valence-electron chi connectivity index (χ4n) is 3.62. The first-order valence-electron chi connectivity index (χ1n) is 10.2. The largest absolute Gasteiger partial charge is 0.484 e. The van der Waals surface area contributed by atoms with Crippen LogP contribution in [-0.2, 0) is 14.3 Å². The van der Waals surface area contributed by atoms with E-state index in [1.54, 1.807) is 36.1 Å². The number of rotatable bonds is 6. The van der Waals surface area contributed by atoms with E-state index in [1.807, 2.05) is 17.5 Å². The Kier molecular flexibility index (Phi) is 6.36. The fourth-order valence-corrected chi connectivity index (χ4v) is 4.27. The molecule has 0 unspecified atom stereocenters. The standard InChI is InChI=1S/C23H23NO6S/c1-2-28-23(27)15-7-9-24(10-8-15)21(25)14-29-16-5-6-18-19(12-16)30-20(22(18)26)13-17-4-3-11-31-17/h3-6,11-13,15H,2,7-10,14H2,1H3. The number of benzene rings is 1. The van der Waals surface area contributed by atoms with Crippen LogP contribution in [0.1, 0.15) is 35.0 Å². The topological polar surface area (TPSA) is 82.1 Å². The molecule has 1 fully saturated rings. The molecule has 0 N–H and O–H groups in total. The van der Waals surface area contributed by atoms with Gasteiger partial charge in [0.25, 0.3) is 5.91 Å². The second-order valence-corrected chi connectivity index (χ2v) is 8.29. The first-order valence-corrected chi connectivity index (χ1v) is 11.1. The number of esters is 1. The van der Waals surface area contributed by atoms with Gasteiger partial charge in [0.2, 0.25) is 5.78 Å². The monoisotopic (exact) mass is 441 g/mol. The number of thiophene rings is 1. The van der Waals surface area contributed by atoms with E-state index in [2.05, 4.69) is 0 Å². The predicted octanol–water partition coefficient (Wildman–Crippen LogP) is 3.54. The highest BCUT2D eigenvalue weighted by molar-refractivity contribution is 7.10. The summed E-state index contributed by atoms with van der Waals surface area (Å²) >= 11 is 1.52. The summed E-state index contributed by atoms with van der Waals surface area (Å²) in [6.07, 6.45) is 2.91. The number of amides is 1. The van der Waals surface area contributed by atoms with Crippen LogP contribution < -0.4 is 9.47 Å². The van der Waals surface area contributed by atoms with E-state index in [-0.39, 0.29) is 35.9 Å². The Morgan fingerprint density at radius 3 is 2.77 bits per heavy atom. The van der Waals surface area contributed by atoms with Crippen LogP contribution in [-0.4, -0.2) is 48.9 Å². The Morgan fingerprint density at radius 2 is 2.06 bits per heavy atom. The van der Waals surface area contributed by atoms with Crippen LogP contribution in [0, 0.1) is 5.92 Å². The molecule has 8 heteroatoms. The van der Waals surface area contributed by atoms with Gasteiger partial charge in [0.05, 0.1) is 18.1 Å². The van der Waals surface area contributed by atoms with Gasteiger partial charge in [0, 0.05) is 30.1 Å². The second kappa shape index (κ2) is 9.34. The van der Waals surface area contributed by atoms with Crippen molar-refractivity contribution in [1.29, 1.82) is 0 Å². The van der Waals surface area contributed by atoms with Crippen LogP contribution in [0.4, 0.5) is 0 Å². The van der Waals surface area contributed by atoms with Crippen molar-refractivity contribution in [2.75, 3.05) is 26.3 Å². The second-order valence-electron chi connectivity index (χ2n) is 7.31. The minimum Gasteiger partial charge on any atom is -0.484 e. The summed E-state index contributed by atoms with van der Waals surface area (Å²) in [5.74, 6) is 0.509. The normalized spacial score (nSPS) is 17.4. The Bertz CT molecular complexity index is 1010. The maximum Gasteiger partial charge on any atom is 0.309 e. The molecule has 0 spiro atoms. The van der Waals surface area contributed by atoms with Gasteiger partial charge >= 0.3 is 5.97 Å². The molecular weight excluding hydrogens is 418 g/mol. The third kappa shape index (κ3) is 4.80. The van der Waals surface area contributed by atoms with Crippen LogP contribution in [0.5, 0.6) is 11.5 Å². The highest BCUT2D eigenvalue weighted by atomic mass is 32.1. The molecule has 2 aliphatic rings. The van der Waals surface area contributed by atoms with Crippen LogP contribution in [0.3, 0.4) is 0 Å². The lowest BCUT2D eigenvalue weighted by molar-refractivity contribution is -0.151. The van der Waals surface area contributed by atoms with Crippen molar-refractivity contribution in [3.63, 3.8) is 0 Å². The van der Waals surface area contributed by atoms with E-state index in [0.29, 0.717) is 49.6 Å². The van der Waals surface area contributed by atoms with E-state index in [1.165, 1.54) is 11.3 Å². The molecule has 4 rings (SSSR count). The molecule has 0 saturated carbocycles. The molecule has 1 aromatic carbocycles. The van der Waals surface area contributed by atoms with Gasteiger partial charge < -0.3 is 19.1 Å². The number of hydrogen-bond donors (Lipinski definition) is 0. The molecule has 1 saturated heterocycles. The lowest BCUT2D eigenvalue weighted by atomic mass is 9.97. The molecule has 162 valence electrons. The number of likely N-dealkylation sites (tertiary alicyclic amines) is 1. The smallest absolute Gasteiger partial charge is 0.309 e. The SMILES string of the molecule is CCOC(=O)C1CCN(C(=O)COc2ccc3c(c2)OC(=Cc2cccs2)C3=O)CC1. The molecule has 0 radical (unpaired) electrons. The average molecular weight is 442 g/mol. The van der Waals surface area contributed by atoms with Gasteiger partial charge in [0.1, 0.15) is 11.5 Å².